The molecule has 0 amide bonds. The van der Waals surface area contributed by atoms with Crippen LogP contribution in [0.25, 0.3) is 5.69 Å². The molecule has 8 nitrogen and oxygen atoms in total. The quantitative estimate of drug-likeness (QED) is 0.646. The standard InChI is InChI=1S/C11H7N3O5/c15-9-5-6-13(12-10(9)11(16)17)7-3-1-2-4-8(7)14(18)19/h1-6H,(H,16,17). The smallest absolute Gasteiger partial charge is 0.360 e. The fourth-order valence-corrected chi connectivity index (χ4v) is 1.50. The van der Waals surface area contributed by atoms with Gasteiger partial charge >= 0.3 is 5.97 Å². The minimum atomic E-state index is -1.49. The highest BCUT2D eigenvalue weighted by atomic mass is 16.6. The average Bonchev–Trinajstić information content (AvgIpc) is 2.39. The van der Waals surface area contributed by atoms with E-state index in [1.54, 1.807) is 6.07 Å². The second kappa shape index (κ2) is 4.69. The SMILES string of the molecule is O=C(O)c1nn(-c2ccccc2[N+](=O)[O-])ccc1=O. The van der Waals surface area contributed by atoms with Crippen molar-refractivity contribution in [2.45, 2.75) is 0 Å². The predicted molar refractivity (Wildman–Crippen MR) is 63.4 cm³/mol. The number of aromatic carboxylic acids is 1. The summed E-state index contributed by atoms with van der Waals surface area (Å²) in [6, 6.07) is 6.68. The molecule has 0 unspecified atom stereocenters. The first kappa shape index (κ1) is 12.4. The van der Waals surface area contributed by atoms with Gasteiger partial charge in [0.1, 0.15) is 5.69 Å². The Bertz CT molecular complexity index is 722. The Hall–Kier alpha value is -3.03. The zero-order chi connectivity index (χ0) is 14.0. The fraction of sp³-hybridized carbons (Fsp3) is 0. The van der Waals surface area contributed by atoms with Gasteiger partial charge in [0, 0.05) is 18.3 Å². The van der Waals surface area contributed by atoms with Gasteiger partial charge in [0.05, 0.1) is 4.92 Å². The van der Waals surface area contributed by atoms with Crippen LogP contribution in [0.4, 0.5) is 5.69 Å². The second-order valence-electron chi connectivity index (χ2n) is 3.52. The van der Waals surface area contributed by atoms with E-state index in [0.717, 1.165) is 10.7 Å². The zero-order valence-corrected chi connectivity index (χ0v) is 9.39. The van der Waals surface area contributed by atoms with Crippen molar-refractivity contribution in [3.8, 4) is 5.69 Å². The third-order valence-corrected chi connectivity index (χ3v) is 2.34. The number of nitrogens with zero attached hydrogens (tertiary/aromatic N) is 3. The van der Waals surface area contributed by atoms with Crippen molar-refractivity contribution in [2.24, 2.45) is 0 Å². The van der Waals surface area contributed by atoms with E-state index in [1.165, 1.54) is 24.4 Å². The fourth-order valence-electron chi connectivity index (χ4n) is 1.50. The third kappa shape index (κ3) is 2.32. The molecule has 0 aliphatic rings. The molecule has 1 aromatic heterocycles. The summed E-state index contributed by atoms with van der Waals surface area (Å²) in [4.78, 5) is 32.3. The van der Waals surface area contributed by atoms with Gasteiger partial charge in [-0.3, -0.25) is 14.9 Å². The van der Waals surface area contributed by atoms with Crippen LogP contribution < -0.4 is 5.43 Å². The molecule has 0 aliphatic carbocycles. The van der Waals surface area contributed by atoms with E-state index in [1.807, 2.05) is 0 Å². The van der Waals surface area contributed by atoms with Gasteiger partial charge in [-0.05, 0) is 6.07 Å². The summed E-state index contributed by atoms with van der Waals surface area (Å²) in [7, 11) is 0. The number of carbonyl (C=O) groups is 1. The summed E-state index contributed by atoms with van der Waals surface area (Å²) < 4.78 is 0.989. The van der Waals surface area contributed by atoms with Crippen LogP contribution in [0.5, 0.6) is 0 Å². The van der Waals surface area contributed by atoms with E-state index in [0.29, 0.717) is 0 Å². The molecule has 1 N–H and O–H groups in total. The number of aromatic nitrogens is 2. The van der Waals surface area contributed by atoms with Gasteiger partial charge in [-0.15, -0.1) is 0 Å². The van der Waals surface area contributed by atoms with Crippen molar-refractivity contribution in [1.82, 2.24) is 9.78 Å². The van der Waals surface area contributed by atoms with Gasteiger partial charge in [-0.2, -0.15) is 5.10 Å². The van der Waals surface area contributed by atoms with E-state index in [-0.39, 0.29) is 11.4 Å². The number of hydrogen-bond acceptors (Lipinski definition) is 5. The van der Waals surface area contributed by atoms with Gasteiger partial charge in [-0.25, -0.2) is 9.48 Å². The topological polar surface area (TPSA) is 115 Å². The van der Waals surface area contributed by atoms with Crippen LogP contribution >= 0.6 is 0 Å². The summed E-state index contributed by atoms with van der Waals surface area (Å²) in [6.45, 7) is 0. The number of carboxylic acid groups (broad SMARTS) is 1. The van der Waals surface area contributed by atoms with Crippen LogP contribution in [0.3, 0.4) is 0 Å². The third-order valence-electron chi connectivity index (χ3n) is 2.34. The molecular weight excluding hydrogens is 254 g/mol. The van der Waals surface area contributed by atoms with Crippen LogP contribution in [0.15, 0.2) is 41.3 Å². The summed E-state index contributed by atoms with van der Waals surface area (Å²) in [5.41, 5.74) is -1.62. The summed E-state index contributed by atoms with van der Waals surface area (Å²) >= 11 is 0. The summed E-state index contributed by atoms with van der Waals surface area (Å²) in [5.74, 6) is -1.49. The van der Waals surface area contributed by atoms with Gasteiger partial charge < -0.3 is 5.11 Å². The van der Waals surface area contributed by atoms with Gasteiger partial charge in [0.2, 0.25) is 11.1 Å². The molecule has 0 spiro atoms. The minimum Gasteiger partial charge on any atom is -0.476 e. The van der Waals surface area contributed by atoms with Gasteiger partial charge in [-0.1, -0.05) is 12.1 Å². The highest BCUT2D eigenvalue weighted by molar-refractivity contribution is 5.84. The Balaban J connectivity index is 2.66. The summed E-state index contributed by atoms with van der Waals surface area (Å²) in [5, 5.41) is 23.3. The molecule has 1 heterocycles. The molecule has 0 atom stereocenters. The van der Waals surface area contributed by atoms with E-state index in [2.05, 4.69) is 5.10 Å². The van der Waals surface area contributed by atoms with Crippen molar-refractivity contribution in [3.63, 3.8) is 0 Å². The maximum atomic E-state index is 11.3. The molecule has 8 heteroatoms. The van der Waals surface area contributed by atoms with Crippen molar-refractivity contribution < 1.29 is 14.8 Å². The number of para-hydroxylation sites is 2. The van der Waals surface area contributed by atoms with Crippen LogP contribution in [0, 0.1) is 10.1 Å². The number of hydrogen-bond donors (Lipinski definition) is 1. The monoisotopic (exact) mass is 261 g/mol. The lowest BCUT2D eigenvalue weighted by atomic mass is 10.2. The predicted octanol–water partition coefficient (Wildman–Crippen LogP) is 0.839. The first-order valence-electron chi connectivity index (χ1n) is 5.08. The van der Waals surface area contributed by atoms with Crippen molar-refractivity contribution >= 4 is 11.7 Å². The van der Waals surface area contributed by atoms with Crippen LogP contribution in [0.2, 0.25) is 0 Å². The lowest BCUT2D eigenvalue weighted by Gasteiger charge is -2.05. The number of benzene rings is 1. The Morgan fingerprint density at radius 2 is 2.00 bits per heavy atom. The first-order valence-corrected chi connectivity index (χ1v) is 5.08. The molecule has 2 aromatic rings. The van der Waals surface area contributed by atoms with Crippen molar-refractivity contribution in [1.29, 1.82) is 0 Å². The summed E-state index contributed by atoms with van der Waals surface area (Å²) in [6.07, 6.45) is 1.18. The lowest BCUT2D eigenvalue weighted by Crippen LogP contribution is -2.20. The van der Waals surface area contributed by atoms with Crippen LogP contribution in [0.1, 0.15) is 10.5 Å². The largest absolute Gasteiger partial charge is 0.476 e. The minimum absolute atomic E-state index is 0.0787. The molecule has 19 heavy (non-hydrogen) atoms. The van der Waals surface area contributed by atoms with E-state index in [9.17, 15) is 19.7 Å². The molecule has 0 aliphatic heterocycles. The Morgan fingerprint density at radius 3 is 2.63 bits per heavy atom. The number of nitro benzene ring substituents is 1. The molecule has 0 bridgehead atoms. The highest BCUT2D eigenvalue weighted by Crippen LogP contribution is 2.20. The Labute approximate surface area is 105 Å². The number of rotatable bonds is 3. The Kier molecular flexibility index (Phi) is 3.06. The number of carboxylic acids is 1. The molecule has 0 fully saturated rings. The molecule has 2 rings (SSSR count). The Morgan fingerprint density at radius 1 is 1.32 bits per heavy atom. The molecule has 96 valence electrons. The number of nitro groups is 1. The van der Waals surface area contributed by atoms with E-state index < -0.39 is 22.0 Å². The van der Waals surface area contributed by atoms with Gasteiger partial charge in [0.15, 0.2) is 0 Å². The maximum absolute atomic E-state index is 11.3. The molecule has 0 saturated heterocycles. The molecular formula is C11H7N3O5. The molecule has 0 radical (unpaired) electrons. The second-order valence-corrected chi connectivity index (χ2v) is 3.52. The zero-order valence-electron chi connectivity index (χ0n) is 9.39. The average molecular weight is 261 g/mol. The van der Waals surface area contributed by atoms with E-state index in [4.69, 9.17) is 5.11 Å². The van der Waals surface area contributed by atoms with Crippen molar-refractivity contribution in [2.75, 3.05) is 0 Å². The van der Waals surface area contributed by atoms with Crippen LogP contribution in [-0.4, -0.2) is 25.8 Å². The van der Waals surface area contributed by atoms with E-state index >= 15 is 0 Å². The van der Waals surface area contributed by atoms with Crippen LogP contribution in [-0.2, 0) is 0 Å². The molecule has 0 saturated carbocycles. The van der Waals surface area contributed by atoms with Gasteiger partial charge in [0.25, 0.3) is 5.69 Å². The lowest BCUT2D eigenvalue weighted by molar-refractivity contribution is -0.384. The highest BCUT2D eigenvalue weighted by Gasteiger charge is 2.17. The first-order chi connectivity index (χ1) is 9.00. The molecule has 1 aromatic carbocycles. The maximum Gasteiger partial charge on any atom is 0.360 e. The van der Waals surface area contributed by atoms with Crippen molar-refractivity contribution in [3.05, 3.63) is 62.6 Å². The normalized spacial score (nSPS) is 10.1.